The number of nitrogens with two attached hydrogens (primary N) is 1. The second-order valence-electron chi connectivity index (χ2n) is 3.12. The summed E-state index contributed by atoms with van der Waals surface area (Å²) in [6, 6.07) is 1.80. The Balaban J connectivity index is 2.81. The molecule has 3 N–H and O–H groups in total. The molecule has 0 saturated carbocycles. The molecule has 0 saturated heterocycles. The van der Waals surface area contributed by atoms with Crippen molar-refractivity contribution >= 4 is 28.4 Å². The van der Waals surface area contributed by atoms with Crippen LogP contribution in [0.25, 0.3) is 0 Å². The van der Waals surface area contributed by atoms with Crippen molar-refractivity contribution in [2.45, 2.75) is 19.8 Å². The number of nitrogen functional groups attached to an aromatic ring is 1. The van der Waals surface area contributed by atoms with E-state index in [1.54, 1.807) is 12.3 Å². The fraction of sp³-hybridized carbons (Fsp3) is 0.400. The highest BCUT2D eigenvalue weighted by molar-refractivity contribution is 14.1. The molecule has 82 valence electrons. The molecule has 4 nitrogen and oxygen atoms in total. The van der Waals surface area contributed by atoms with E-state index in [1.807, 2.05) is 0 Å². The highest BCUT2D eigenvalue weighted by Crippen LogP contribution is 2.17. The molecule has 0 aliphatic carbocycles. The Kier molecular flexibility index (Phi) is 4.80. The molecular weight excluding hydrogens is 305 g/mol. The molecular formula is C10H14IN3O. The van der Waals surface area contributed by atoms with Gasteiger partial charge in [-0.25, -0.2) is 4.98 Å². The van der Waals surface area contributed by atoms with Crippen LogP contribution < -0.4 is 10.5 Å². The van der Waals surface area contributed by atoms with Crippen LogP contribution in [0, 0.1) is 8.98 Å². The van der Waals surface area contributed by atoms with E-state index in [4.69, 9.17) is 15.9 Å². The molecule has 0 spiro atoms. The Morgan fingerprint density at radius 1 is 1.67 bits per heavy atom. The fourth-order valence-corrected chi connectivity index (χ4v) is 1.50. The van der Waals surface area contributed by atoms with Crippen molar-refractivity contribution < 1.29 is 4.74 Å². The van der Waals surface area contributed by atoms with Gasteiger partial charge in [0.2, 0.25) is 5.88 Å². The third-order valence-corrected chi connectivity index (χ3v) is 2.43. The van der Waals surface area contributed by atoms with E-state index in [9.17, 15) is 0 Å². The lowest BCUT2D eigenvalue weighted by molar-refractivity contribution is 0.297. The van der Waals surface area contributed by atoms with Crippen LogP contribution in [-0.4, -0.2) is 17.4 Å². The van der Waals surface area contributed by atoms with E-state index in [0.717, 1.165) is 16.4 Å². The lowest BCUT2D eigenvalue weighted by atomic mass is 10.2. The van der Waals surface area contributed by atoms with Crippen molar-refractivity contribution in [1.82, 2.24) is 4.98 Å². The third kappa shape index (κ3) is 3.65. The van der Waals surface area contributed by atoms with E-state index in [0.29, 0.717) is 18.1 Å². The number of hydrogen-bond acceptors (Lipinski definition) is 3. The zero-order valence-electron chi connectivity index (χ0n) is 8.59. The SMILES string of the molecule is CCCCOc1ncc(I)cc1C(=N)N. The maximum Gasteiger partial charge on any atom is 0.224 e. The van der Waals surface area contributed by atoms with E-state index in [2.05, 4.69) is 34.5 Å². The average Bonchev–Trinajstić information content (AvgIpc) is 2.20. The molecule has 0 unspecified atom stereocenters. The molecule has 0 bridgehead atoms. The minimum atomic E-state index is -0.00693. The number of nitrogens with zero attached hydrogens (tertiary/aromatic N) is 1. The lowest BCUT2D eigenvalue weighted by Gasteiger charge is -2.08. The standard InChI is InChI=1S/C10H14IN3O/c1-2-3-4-15-10-8(9(12)13)5-7(11)6-14-10/h5-6H,2-4H2,1H3,(H3,12,13). The highest BCUT2D eigenvalue weighted by atomic mass is 127. The Morgan fingerprint density at radius 2 is 2.40 bits per heavy atom. The molecule has 5 heteroatoms. The second kappa shape index (κ2) is 5.89. The fourth-order valence-electron chi connectivity index (χ4n) is 1.05. The van der Waals surface area contributed by atoms with Gasteiger partial charge in [-0.2, -0.15) is 0 Å². The Hall–Kier alpha value is -0.850. The summed E-state index contributed by atoms with van der Waals surface area (Å²) >= 11 is 2.13. The summed E-state index contributed by atoms with van der Waals surface area (Å²) in [4.78, 5) is 4.12. The molecule has 1 aromatic heterocycles. The largest absolute Gasteiger partial charge is 0.477 e. The number of unbranched alkanes of at least 4 members (excludes halogenated alkanes) is 1. The quantitative estimate of drug-likeness (QED) is 0.378. The number of halogens is 1. The second-order valence-corrected chi connectivity index (χ2v) is 4.37. The molecule has 15 heavy (non-hydrogen) atoms. The van der Waals surface area contributed by atoms with Gasteiger partial charge in [0.15, 0.2) is 0 Å². The van der Waals surface area contributed by atoms with Crippen LogP contribution in [0.4, 0.5) is 0 Å². The summed E-state index contributed by atoms with van der Waals surface area (Å²) in [5.74, 6) is 0.448. The molecule has 0 aromatic carbocycles. The monoisotopic (exact) mass is 319 g/mol. The van der Waals surface area contributed by atoms with Gasteiger partial charge in [-0.1, -0.05) is 13.3 Å². The van der Waals surface area contributed by atoms with Gasteiger partial charge in [0.1, 0.15) is 5.84 Å². The van der Waals surface area contributed by atoms with Gasteiger partial charge in [0, 0.05) is 9.77 Å². The number of nitrogens with one attached hydrogen (secondary N) is 1. The van der Waals surface area contributed by atoms with Gasteiger partial charge in [-0.3, -0.25) is 5.41 Å². The first-order valence-electron chi connectivity index (χ1n) is 4.78. The van der Waals surface area contributed by atoms with Crippen molar-refractivity contribution in [3.8, 4) is 5.88 Å². The smallest absolute Gasteiger partial charge is 0.224 e. The average molecular weight is 319 g/mol. The predicted molar refractivity (Wildman–Crippen MR) is 68.4 cm³/mol. The first-order chi connectivity index (χ1) is 7.15. The summed E-state index contributed by atoms with van der Waals surface area (Å²) in [6.45, 7) is 2.71. The number of pyridine rings is 1. The summed E-state index contributed by atoms with van der Waals surface area (Å²) in [5.41, 5.74) is 6.02. The molecule has 0 atom stereocenters. The van der Waals surface area contributed by atoms with Crippen LogP contribution in [0.5, 0.6) is 5.88 Å². The minimum Gasteiger partial charge on any atom is -0.477 e. The van der Waals surface area contributed by atoms with E-state index >= 15 is 0 Å². The summed E-state index contributed by atoms with van der Waals surface area (Å²) < 4.78 is 6.40. The Morgan fingerprint density at radius 3 is 3.00 bits per heavy atom. The van der Waals surface area contributed by atoms with Gasteiger partial charge in [0.25, 0.3) is 0 Å². The van der Waals surface area contributed by atoms with Crippen LogP contribution in [0.1, 0.15) is 25.3 Å². The van der Waals surface area contributed by atoms with Gasteiger partial charge < -0.3 is 10.5 Å². The van der Waals surface area contributed by atoms with Crippen molar-refractivity contribution in [3.63, 3.8) is 0 Å². The van der Waals surface area contributed by atoms with Crippen LogP contribution >= 0.6 is 22.6 Å². The van der Waals surface area contributed by atoms with Crippen molar-refractivity contribution in [1.29, 1.82) is 5.41 Å². The van der Waals surface area contributed by atoms with Gasteiger partial charge >= 0.3 is 0 Å². The highest BCUT2D eigenvalue weighted by Gasteiger charge is 2.08. The summed E-state index contributed by atoms with van der Waals surface area (Å²) in [6.07, 6.45) is 3.75. The molecule has 0 fully saturated rings. The van der Waals surface area contributed by atoms with Gasteiger partial charge in [-0.05, 0) is 35.1 Å². The van der Waals surface area contributed by atoms with Crippen molar-refractivity contribution in [2.24, 2.45) is 5.73 Å². The molecule has 0 radical (unpaired) electrons. The number of hydrogen-bond donors (Lipinski definition) is 2. The van der Waals surface area contributed by atoms with E-state index in [-0.39, 0.29) is 5.84 Å². The Labute approximate surface area is 103 Å². The van der Waals surface area contributed by atoms with Crippen LogP contribution in [0.2, 0.25) is 0 Å². The summed E-state index contributed by atoms with van der Waals surface area (Å²) in [5, 5.41) is 7.41. The third-order valence-electron chi connectivity index (χ3n) is 1.84. The molecule has 0 amide bonds. The predicted octanol–water partition coefficient (Wildman–Crippen LogP) is 2.15. The van der Waals surface area contributed by atoms with Crippen LogP contribution in [0.3, 0.4) is 0 Å². The molecule has 1 aromatic rings. The van der Waals surface area contributed by atoms with Gasteiger partial charge in [-0.15, -0.1) is 0 Å². The zero-order valence-corrected chi connectivity index (χ0v) is 10.7. The summed E-state index contributed by atoms with van der Waals surface area (Å²) in [7, 11) is 0. The normalized spacial score (nSPS) is 10.0. The van der Waals surface area contributed by atoms with Crippen LogP contribution in [0.15, 0.2) is 12.3 Å². The van der Waals surface area contributed by atoms with Crippen molar-refractivity contribution in [3.05, 3.63) is 21.4 Å². The number of aromatic nitrogens is 1. The van der Waals surface area contributed by atoms with Crippen LogP contribution in [-0.2, 0) is 0 Å². The number of ether oxygens (including phenoxy) is 1. The molecule has 1 rings (SSSR count). The molecule has 0 aliphatic rings. The molecule has 1 heterocycles. The van der Waals surface area contributed by atoms with E-state index in [1.165, 1.54) is 0 Å². The van der Waals surface area contributed by atoms with E-state index < -0.39 is 0 Å². The number of amidine groups is 1. The minimum absolute atomic E-state index is 0.00693. The number of rotatable bonds is 5. The van der Waals surface area contributed by atoms with Crippen molar-refractivity contribution in [2.75, 3.05) is 6.61 Å². The maximum absolute atomic E-state index is 7.41. The topological polar surface area (TPSA) is 72.0 Å². The first-order valence-corrected chi connectivity index (χ1v) is 5.85. The lowest BCUT2D eigenvalue weighted by Crippen LogP contribution is -2.14. The maximum atomic E-state index is 7.41. The zero-order chi connectivity index (χ0) is 11.3. The molecule has 0 aliphatic heterocycles. The van der Waals surface area contributed by atoms with Gasteiger partial charge in [0.05, 0.1) is 12.2 Å². The Bertz CT molecular complexity index is 355. The first kappa shape index (κ1) is 12.2.